The van der Waals surface area contributed by atoms with Crippen molar-refractivity contribution in [3.63, 3.8) is 0 Å². The maximum Gasteiger partial charge on any atom is 0.242 e. The molecule has 1 aliphatic rings. The summed E-state index contributed by atoms with van der Waals surface area (Å²) in [5.41, 5.74) is 2.21. The number of halogens is 1. The Hall–Kier alpha value is -4.07. The normalized spacial score (nSPS) is 13.8. The molecule has 0 radical (unpaired) electrons. The van der Waals surface area contributed by atoms with Crippen molar-refractivity contribution < 1.29 is 9.18 Å². The molecule has 0 aliphatic carbocycles. The Morgan fingerprint density at radius 1 is 0.879 bits per heavy atom. The maximum absolute atomic E-state index is 13.8. The molecule has 7 nitrogen and oxygen atoms in total. The van der Waals surface area contributed by atoms with Crippen LogP contribution in [0.3, 0.4) is 0 Å². The van der Waals surface area contributed by atoms with Crippen LogP contribution in [0.5, 0.6) is 0 Å². The van der Waals surface area contributed by atoms with Crippen molar-refractivity contribution in [2.45, 2.75) is 6.54 Å². The molecule has 0 spiro atoms. The van der Waals surface area contributed by atoms with Crippen LogP contribution >= 0.6 is 0 Å². The zero-order valence-electron chi connectivity index (χ0n) is 18.0. The first-order chi connectivity index (χ1) is 16.2. The molecule has 4 aromatic rings. The van der Waals surface area contributed by atoms with Gasteiger partial charge in [0.05, 0.1) is 5.69 Å². The van der Waals surface area contributed by atoms with Crippen LogP contribution < -0.4 is 4.90 Å². The number of amides is 1. The SMILES string of the molecule is O=C(Cn1cc(-c2cccc(F)c2)nc1-c1ccccc1)N1CCN(c2ncccn2)CC1. The first kappa shape index (κ1) is 20.8. The van der Waals surface area contributed by atoms with Crippen LogP contribution in [0.2, 0.25) is 0 Å². The fourth-order valence-electron chi connectivity index (χ4n) is 4.00. The lowest BCUT2D eigenvalue weighted by Gasteiger charge is -2.34. The highest BCUT2D eigenvalue weighted by Gasteiger charge is 2.24. The van der Waals surface area contributed by atoms with Crippen LogP contribution in [0.4, 0.5) is 10.3 Å². The summed E-state index contributed by atoms with van der Waals surface area (Å²) in [4.78, 5) is 30.4. The van der Waals surface area contributed by atoms with Gasteiger partial charge in [0.2, 0.25) is 11.9 Å². The van der Waals surface area contributed by atoms with E-state index >= 15 is 0 Å². The Morgan fingerprint density at radius 2 is 1.61 bits per heavy atom. The van der Waals surface area contributed by atoms with Gasteiger partial charge in [0.1, 0.15) is 18.2 Å². The Morgan fingerprint density at radius 3 is 2.33 bits per heavy atom. The molecule has 1 saturated heterocycles. The standard InChI is InChI=1S/C25H23FN6O/c26-21-9-4-8-20(16-21)22-17-32(24(29-22)19-6-2-1-3-7-19)18-23(33)30-12-14-31(15-13-30)25-27-10-5-11-28-25/h1-11,16-17H,12-15,18H2. The van der Waals surface area contributed by atoms with E-state index in [4.69, 9.17) is 4.98 Å². The molecular formula is C25H23FN6O. The number of hydrogen-bond acceptors (Lipinski definition) is 5. The van der Waals surface area contributed by atoms with Crippen LogP contribution in [-0.2, 0) is 11.3 Å². The van der Waals surface area contributed by atoms with Gasteiger partial charge in [-0.1, -0.05) is 42.5 Å². The summed E-state index contributed by atoms with van der Waals surface area (Å²) in [5, 5.41) is 0. The predicted molar refractivity (Wildman–Crippen MR) is 124 cm³/mol. The minimum atomic E-state index is -0.320. The van der Waals surface area contributed by atoms with E-state index in [1.54, 1.807) is 24.5 Å². The summed E-state index contributed by atoms with van der Waals surface area (Å²) >= 11 is 0. The molecule has 0 atom stereocenters. The van der Waals surface area contributed by atoms with E-state index in [1.165, 1.54) is 12.1 Å². The van der Waals surface area contributed by atoms with Crippen molar-refractivity contribution >= 4 is 11.9 Å². The molecule has 5 rings (SSSR count). The highest BCUT2D eigenvalue weighted by Crippen LogP contribution is 2.25. The van der Waals surface area contributed by atoms with E-state index in [9.17, 15) is 9.18 Å². The Labute approximate surface area is 191 Å². The predicted octanol–water partition coefficient (Wildman–Crippen LogP) is 3.50. The molecule has 1 aliphatic heterocycles. The monoisotopic (exact) mass is 442 g/mol. The van der Waals surface area contributed by atoms with E-state index in [2.05, 4.69) is 14.9 Å². The van der Waals surface area contributed by atoms with Crippen LogP contribution in [0.15, 0.2) is 79.3 Å². The number of anilines is 1. The minimum absolute atomic E-state index is 0.0176. The zero-order valence-corrected chi connectivity index (χ0v) is 18.0. The van der Waals surface area contributed by atoms with Crippen molar-refractivity contribution in [2.75, 3.05) is 31.1 Å². The van der Waals surface area contributed by atoms with Crippen LogP contribution in [0.25, 0.3) is 22.6 Å². The number of rotatable bonds is 5. The lowest BCUT2D eigenvalue weighted by molar-refractivity contribution is -0.132. The number of benzene rings is 2. The van der Waals surface area contributed by atoms with E-state index in [0.717, 1.165) is 5.56 Å². The van der Waals surface area contributed by atoms with Crippen molar-refractivity contribution in [1.29, 1.82) is 0 Å². The van der Waals surface area contributed by atoms with Gasteiger partial charge in [0, 0.05) is 55.9 Å². The quantitative estimate of drug-likeness (QED) is 0.473. The van der Waals surface area contributed by atoms with Gasteiger partial charge in [-0.25, -0.2) is 19.3 Å². The molecule has 0 saturated carbocycles. The molecule has 0 bridgehead atoms. The highest BCUT2D eigenvalue weighted by molar-refractivity contribution is 5.78. The molecule has 0 N–H and O–H groups in total. The van der Waals surface area contributed by atoms with Gasteiger partial charge in [0.25, 0.3) is 0 Å². The first-order valence-corrected chi connectivity index (χ1v) is 10.9. The molecule has 166 valence electrons. The van der Waals surface area contributed by atoms with Gasteiger partial charge in [-0.15, -0.1) is 0 Å². The van der Waals surface area contributed by atoms with Gasteiger partial charge in [0.15, 0.2) is 0 Å². The molecule has 0 unspecified atom stereocenters. The number of hydrogen-bond donors (Lipinski definition) is 0. The van der Waals surface area contributed by atoms with Crippen LogP contribution in [0, 0.1) is 5.82 Å². The number of piperazine rings is 1. The van der Waals surface area contributed by atoms with Crippen molar-refractivity contribution in [1.82, 2.24) is 24.4 Å². The van der Waals surface area contributed by atoms with Crippen LogP contribution in [-0.4, -0.2) is 56.5 Å². The van der Waals surface area contributed by atoms with Crippen molar-refractivity contribution in [2.24, 2.45) is 0 Å². The Bertz CT molecular complexity index is 1240. The third kappa shape index (κ3) is 4.59. The Balaban J connectivity index is 1.35. The lowest BCUT2D eigenvalue weighted by Crippen LogP contribution is -2.50. The van der Waals surface area contributed by atoms with E-state index in [1.807, 2.05) is 52.1 Å². The molecule has 1 fully saturated rings. The van der Waals surface area contributed by atoms with Crippen molar-refractivity contribution in [3.8, 4) is 22.6 Å². The molecule has 2 aromatic carbocycles. The molecule has 8 heteroatoms. The summed E-state index contributed by atoms with van der Waals surface area (Å²) in [6, 6.07) is 17.8. The molecule has 2 aromatic heterocycles. The molecule has 1 amide bonds. The second-order valence-corrected chi connectivity index (χ2v) is 7.87. The topological polar surface area (TPSA) is 67.2 Å². The van der Waals surface area contributed by atoms with Crippen molar-refractivity contribution in [3.05, 3.63) is 85.1 Å². The summed E-state index contributed by atoms with van der Waals surface area (Å²) in [7, 11) is 0. The molecule has 3 heterocycles. The van der Waals surface area contributed by atoms with Gasteiger partial charge in [-0.3, -0.25) is 4.79 Å². The molecular weight excluding hydrogens is 419 g/mol. The number of imidazole rings is 1. The van der Waals surface area contributed by atoms with E-state index < -0.39 is 0 Å². The third-order valence-electron chi connectivity index (χ3n) is 5.70. The van der Waals surface area contributed by atoms with Gasteiger partial charge >= 0.3 is 0 Å². The fourth-order valence-corrected chi connectivity index (χ4v) is 4.00. The maximum atomic E-state index is 13.8. The number of carbonyl (C=O) groups excluding carboxylic acids is 1. The third-order valence-corrected chi connectivity index (χ3v) is 5.70. The second kappa shape index (κ2) is 9.20. The van der Waals surface area contributed by atoms with Crippen LogP contribution in [0.1, 0.15) is 0 Å². The summed E-state index contributed by atoms with van der Waals surface area (Å²) < 4.78 is 15.6. The lowest BCUT2D eigenvalue weighted by atomic mass is 10.2. The largest absolute Gasteiger partial charge is 0.338 e. The fraction of sp³-hybridized carbons (Fsp3) is 0.200. The Kier molecular flexibility index (Phi) is 5.80. The van der Waals surface area contributed by atoms with E-state index in [0.29, 0.717) is 49.2 Å². The summed E-state index contributed by atoms with van der Waals surface area (Å²) in [6.07, 6.45) is 5.27. The smallest absolute Gasteiger partial charge is 0.242 e. The highest BCUT2D eigenvalue weighted by atomic mass is 19.1. The average Bonchev–Trinajstić information content (AvgIpc) is 3.29. The minimum Gasteiger partial charge on any atom is -0.338 e. The van der Waals surface area contributed by atoms with Gasteiger partial charge < -0.3 is 14.4 Å². The number of carbonyl (C=O) groups is 1. The van der Waals surface area contributed by atoms with Gasteiger partial charge in [-0.05, 0) is 18.2 Å². The first-order valence-electron chi connectivity index (χ1n) is 10.9. The second-order valence-electron chi connectivity index (χ2n) is 7.87. The van der Waals surface area contributed by atoms with Gasteiger partial charge in [-0.2, -0.15) is 0 Å². The number of aromatic nitrogens is 4. The van der Waals surface area contributed by atoms with E-state index in [-0.39, 0.29) is 18.3 Å². The summed E-state index contributed by atoms with van der Waals surface area (Å²) in [5.74, 6) is 1.06. The zero-order chi connectivity index (χ0) is 22.6. The summed E-state index contributed by atoms with van der Waals surface area (Å²) in [6.45, 7) is 2.72. The molecule has 33 heavy (non-hydrogen) atoms. The average molecular weight is 442 g/mol. The number of nitrogens with zero attached hydrogens (tertiary/aromatic N) is 6.